The fraction of sp³-hybridized carbons (Fsp3) is 0.786. The van der Waals surface area contributed by atoms with Crippen LogP contribution in [0, 0.1) is 0 Å². The van der Waals surface area contributed by atoms with E-state index < -0.39 is 0 Å². The van der Waals surface area contributed by atoms with Crippen LogP contribution in [0.3, 0.4) is 0 Å². The van der Waals surface area contributed by atoms with Crippen molar-refractivity contribution in [2.24, 2.45) is 0 Å². The van der Waals surface area contributed by atoms with E-state index in [9.17, 15) is 0 Å². The highest BCUT2D eigenvalue weighted by atomic mass is 16.5. The molecule has 4 heteroatoms. The molecule has 0 amide bonds. The van der Waals surface area contributed by atoms with Gasteiger partial charge in [-0.05, 0) is 39.2 Å². The molecular formula is C14H25N3O. The minimum absolute atomic E-state index is 0.0271. The number of nitrogens with zero attached hydrogens (tertiary/aromatic N) is 2. The fourth-order valence-corrected chi connectivity index (χ4v) is 2.34. The molecule has 0 aliphatic carbocycles. The van der Waals surface area contributed by atoms with E-state index in [-0.39, 0.29) is 5.60 Å². The zero-order chi connectivity index (χ0) is 13.0. The van der Waals surface area contributed by atoms with Crippen LogP contribution < -0.4 is 5.32 Å². The number of nitrogens with one attached hydrogen (secondary N) is 1. The van der Waals surface area contributed by atoms with Gasteiger partial charge in [0.2, 0.25) is 0 Å². The highest BCUT2D eigenvalue weighted by Gasteiger charge is 2.28. The molecule has 0 bridgehead atoms. The van der Waals surface area contributed by atoms with Gasteiger partial charge < -0.3 is 10.1 Å². The third-order valence-corrected chi connectivity index (χ3v) is 3.81. The van der Waals surface area contributed by atoms with Crippen LogP contribution in [-0.4, -0.2) is 28.5 Å². The maximum absolute atomic E-state index is 5.75. The molecule has 0 saturated carbocycles. The quantitative estimate of drug-likeness (QED) is 0.844. The first-order chi connectivity index (χ1) is 8.63. The average molecular weight is 251 g/mol. The van der Waals surface area contributed by atoms with E-state index in [0.29, 0.717) is 6.04 Å². The van der Waals surface area contributed by atoms with E-state index in [0.717, 1.165) is 38.2 Å². The molecule has 18 heavy (non-hydrogen) atoms. The smallest absolute Gasteiger partial charge is 0.0779 e. The van der Waals surface area contributed by atoms with Crippen LogP contribution in [0.25, 0.3) is 0 Å². The van der Waals surface area contributed by atoms with E-state index in [2.05, 4.69) is 43.4 Å². The van der Waals surface area contributed by atoms with Crippen LogP contribution in [0.4, 0.5) is 0 Å². The first-order valence-electron chi connectivity index (χ1n) is 7.02. The van der Waals surface area contributed by atoms with Crippen LogP contribution in [-0.2, 0) is 11.3 Å². The molecule has 0 radical (unpaired) electrons. The highest BCUT2D eigenvalue weighted by molar-refractivity contribution is 4.99. The monoisotopic (exact) mass is 251 g/mol. The van der Waals surface area contributed by atoms with Crippen molar-refractivity contribution in [1.82, 2.24) is 15.1 Å². The van der Waals surface area contributed by atoms with Gasteiger partial charge in [-0.25, -0.2) is 0 Å². The van der Waals surface area contributed by atoms with Crippen LogP contribution in [0.2, 0.25) is 0 Å². The van der Waals surface area contributed by atoms with Gasteiger partial charge in [0.15, 0.2) is 0 Å². The SMILES string of the molecule is CCC(C)n1ccc(CNCC2(C)CCCO2)n1. The van der Waals surface area contributed by atoms with E-state index in [1.54, 1.807) is 0 Å². The summed E-state index contributed by atoms with van der Waals surface area (Å²) in [4.78, 5) is 0. The molecule has 4 nitrogen and oxygen atoms in total. The molecule has 102 valence electrons. The van der Waals surface area contributed by atoms with Crippen LogP contribution >= 0.6 is 0 Å². The number of ether oxygens (including phenoxy) is 1. The molecule has 0 aromatic carbocycles. The maximum atomic E-state index is 5.75. The summed E-state index contributed by atoms with van der Waals surface area (Å²) in [6, 6.07) is 2.58. The number of rotatable bonds is 6. The maximum Gasteiger partial charge on any atom is 0.0779 e. The lowest BCUT2D eigenvalue weighted by molar-refractivity contribution is 0.0206. The predicted molar refractivity (Wildman–Crippen MR) is 72.5 cm³/mol. The van der Waals surface area contributed by atoms with Crippen molar-refractivity contribution in [3.63, 3.8) is 0 Å². The molecule has 1 fully saturated rings. The van der Waals surface area contributed by atoms with E-state index >= 15 is 0 Å². The standard InChI is InChI=1S/C14H25N3O/c1-4-12(2)17-8-6-13(16-17)10-15-11-14(3)7-5-9-18-14/h6,8,12,15H,4-5,7,9-11H2,1-3H3. The Hall–Kier alpha value is -0.870. The summed E-state index contributed by atoms with van der Waals surface area (Å²) < 4.78 is 7.80. The summed E-state index contributed by atoms with van der Waals surface area (Å²) >= 11 is 0. The summed E-state index contributed by atoms with van der Waals surface area (Å²) in [6.45, 7) is 9.19. The molecule has 1 N–H and O–H groups in total. The van der Waals surface area contributed by atoms with Gasteiger partial charge in [-0.2, -0.15) is 5.10 Å². The zero-order valence-electron chi connectivity index (χ0n) is 11.8. The van der Waals surface area contributed by atoms with E-state index in [1.165, 1.54) is 6.42 Å². The minimum Gasteiger partial charge on any atom is -0.374 e. The van der Waals surface area contributed by atoms with Crippen molar-refractivity contribution < 1.29 is 4.74 Å². The van der Waals surface area contributed by atoms with Crippen LogP contribution in [0.15, 0.2) is 12.3 Å². The van der Waals surface area contributed by atoms with Crippen molar-refractivity contribution in [3.8, 4) is 0 Å². The van der Waals surface area contributed by atoms with E-state index in [4.69, 9.17) is 4.74 Å². The molecule has 1 aromatic heterocycles. The first-order valence-corrected chi connectivity index (χ1v) is 7.02. The molecule has 2 unspecified atom stereocenters. The third-order valence-electron chi connectivity index (χ3n) is 3.81. The number of hydrogen-bond donors (Lipinski definition) is 1. The fourth-order valence-electron chi connectivity index (χ4n) is 2.34. The normalized spacial score (nSPS) is 25.5. The van der Waals surface area contributed by atoms with Crippen molar-refractivity contribution in [1.29, 1.82) is 0 Å². The summed E-state index contributed by atoms with van der Waals surface area (Å²) in [5, 5.41) is 8.03. The van der Waals surface area contributed by atoms with Crippen molar-refractivity contribution in [2.45, 2.75) is 58.2 Å². The second-order valence-corrected chi connectivity index (χ2v) is 5.55. The lowest BCUT2D eigenvalue weighted by atomic mass is 10.0. The van der Waals surface area contributed by atoms with Gasteiger partial charge in [0.05, 0.1) is 11.3 Å². The molecule has 0 spiro atoms. The molecule has 1 saturated heterocycles. The Labute approximate surface area is 110 Å². The van der Waals surface area contributed by atoms with Gasteiger partial charge in [0.1, 0.15) is 0 Å². The van der Waals surface area contributed by atoms with Gasteiger partial charge >= 0.3 is 0 Å². The van der Waals surface area contributed by atoms with Gasteiger partial charge in [-0.1, -0.05) is 6.92 Å². The number of hydrogen-bond acceptors (Lipinski definition) is 3. The van der Waals surface area contributed by atoms with Gasteiger partial charge in [-0.15, -0.1) is 0 Å². The Morgan fingerprint density at radius 2 is 2.44 bits per heavy atom. The lowest BCUT2D eigenvalue weighted by Crippen LogP contribution is -2.36. The Kier molecular flexibility index (Phi) is 4.40. The summed E-state index contributed by atoms with van der Waals surface area (Å²) in [7, 11) is 0. The molecule has 1 aromatic rings. The Balaban J connectivity index is 1.78. The Bertz CT molecular complexity index is 369. The summed E-state index contributed by atoms with van der Waals surface area (Å²) in [6.07, 6.45) is 5.52. The predicted octanol–water partition coefficient (Wildman–Crippen LogP) is 2.51. The second-order valence-electron chi connectivity index (χ2n) is 5.55. The zero-order valence-corrected chi connectivity index (χ0v) is 11.8. The van der Waals surface area contributed by atoms with Gasteiger partial charge in [0.25, 0.3) is 0 Å². The molecule has 2 rings (SSSR count). The minimum atomic E-state index is 0.0271. The summed E-state index contributed by atoms with van der Waals surface area (Å²) in [5.74, 6) is 0. The Morgan fingerprint density at radius 3 is 3.11 bits per heavy atom. The van der Waals surface area contributed by atoms with E-state index in [1.807, 2.05) is 4.68 Å². The average Bonchev–Trinajstić information content (AvgIpc) is 2.98. The number of aromatic nitrogens is 2. The van der Waals surface area contributed by atoms with Gasteiger partial charge in [0, 0.05) is 31.9 Å². The van der Waals surface area contributed by atoms with Crippen molar-refractivity contribution >= 4 is 0 Å². The molecule has 1 aliphatic rings. The van der Waals surface area contributed by atoms with Gasteiger partial charge in [-0.3, -0.25) is 4.68 Å². The largest absolute Gasteiger partial charge is 0.374 e. The van der Waals surface area contributed by atoms with Crippen molar-refractivity contribution in [2.75, 3.05) is 13.2 Å². The molecule has 1 aliphatic heterocycles. The second kappa shape index (κ2) is 5.85. The Morgan fingerprint density at radius 1 is 1.61 bits per heavy atom. The van der Waals surface area contributed by atoms with Crippen molar-refractivity contribution in [3.05, 3.63) is 18.0 Å². The topological polar surface area (TPSA) is 39.1 Å². The lowest BCUT2D eigenvalue weighted by Gasteiger charge is -2.23. The van der Waals surface area contributed by atoms with Crippen LogP contribution in [0.1, 0.15) is 51.8 Å². The molecule has 2 heterocycles. The molecular weight excluding hydrogens is 226 g/mol. The third kappa shape index (κ3) is 3.33. The molecule has 2 atom stereocenters. The first kappa shape index (κ1) is 13.6. The highest BCUT2D eigenvalue weighted by Crippen LogP contribution is 2.23. The summed E-state index contributed by atoms with van der Waals surface area (Å²) in [5.41, 5.74) is 1.14. The van der Waals surface area contributed by atoms with Crippen LogP contribution in [0.5, 0.6) is 0 Å².